The highest BCUT2D eigenvalue weighted by Gasteiger charge is 2.36. The highest BCUT2D eigenvalue weighted by atomic mass is 35.5. The molecule has 0 atom stereocenters. The van der Waals surface area contributed by atoms with Crippen LogP contribution in [-0.2, 0) is 32.0 Å². The van der Waals surface area contributed by atoms with E-state index >= 15 is 0 Å². The summed E-state index contributed by atoms with van der Waals surface area (Å²) < 4.78 is 118. The maximum Gasteiger partial charge on any atom is 0.416 e. The number of rotatable bonds is 12. The van der Waals surface area contributed by atoms with Crippen LogP contribution in [0.4, 0.5) is 22.0 Å². The van der Waals surface area contributed by atoms with Crippen LogP contribution in [0.3, 0.4) is 0 Å². The Kier molecular flexibility index (Phi) is 24.9. The van der Waals surface area contributed by atoms with E-state index in [2.05, 4.69) is 0 Å². The Hall–Kier alpha value is -16.3. The molecule has 8 aromatic heterocycles. The molecule has 0 spiro atoms. The molecule has 0 fully saturated rings. The number of alkyl halides is 3. The maximum atomic E-state index is 14.1. The number of benzene rings is 11. The van der Waals surface area contributed by atoms with Crippen LogP contribution in [0.15, 0.2) is 371 Å². The van der Waals surface area contributed by atoms with Gasteiger partial charge in [0.2, 0.25) is 0 Å². The first kappa shape index (κ1) is 90.9. The van der Waals surface area contributed by atoms with Crippen molar-refractivity contribution in [2.24, 2.45) is 0 Å². The molecule has 0 amide bonds. The second-order valence-electron chi connectivity index (χ2n) is 31.3. The third kappa shape index (κ3) is 17.4. The van der Waals surface area contributed by atoms with Crippen molar-refractivity contribution in [2.45, 2.75) is 61.4 Å². The summed E-state index contributed by atoms with van der Waals surface area (Å²) in [6.45, 7) is 1.05. The Bertz CT molecular complexity index is 8660. The summed E-state index contributed by atoms with van der Waals surface area (Å²) in [7, 11) is 1.58. The highest BCUT2D eigenvalue weighted by molar-refractivity contribution is 8.00. The van der Waals surface area contributed by atoms with Gasteiger partial charge in [-0.15, -0.1) is 0 Å². The number of halogens is 6. The van der Waals surface area contributed by atoms with Crippen molar-refractivity contribution in [2.75, 3.05) is 26.9 Å². The van der Waals surface area contributed by atoms with Crippen molar-refractivity contribution in [1.82, 2.24) is 18.3 Å². The predicted octanol–water partition coefficient (Wildman–Crippen LogP) is 21.0. The van der Waals surface area contributed by atoms with E-state index in [-0.39, 0.29) is 89.6 Å². The minimum Gasteiger partial charge on any atom is -0.507 e. The van der Waals surface area contributed by atoms with E-state index in [9.17, 15) is 80.7 Å². The van der Waals surface area contributed by atoms with Crippen LogP contribution in [-0.4, -0.2) is 65.6 Å². The highest BCUT2D eigenvalue weighted by Crippen LogP contribution is 2.48. The van der Waals surface area contributed by atoms with Gasteiger partial charge in [0.15, 0.2) is 39.6 Å². The molecular formula is C105H68ClF5N4O20S3. The molecule has 33 heteroatoms. The number of pyridine rings is 4. The molecule has 22 rings (SSSR count). The molecule has 11 aromatic carbocycles. The van der Waals surface area contributed by atoms with Crippen LogP contribution in [0.2, 0.25) is 5.02 Å². The minimum absolute atomic E-state index is 0.0218. The van der Waals surface area contributed by atoms with Crippen molar-refractivity contribution in [3.8, 4) is 96.8 Å². The number of nitrogens with zero attached hydrogens (tertiary/aromatic N) is 4. The normalized spacial score (nSPS) is 12.3. The zero-order valence-electron chi connectivity index (χ0n) is 71.7. The van der Waals surface area contributed by atoms with Crippen LogP contribution >= 0.6 is 46.9 Å². The molecule has 0 unspecified atom stereocenters. The molecule has 24 nitrogen and oxygen atoms in total. The molecule has 0 radical (unpaired) electrons. The number of ether oxygens (including phenoxy) is 4. The molecule has 11 heterocycles. The number of hydrogen-bond donors (Lipinski definition) is 4. The minimum atomic E-state index is -4.59. The van der Waals surface area contributed by atoms with Crippen molar-refractivity contribution < 1.29 is 79.0 Å². The topological polar surface area (TPSA) is 327 Å². The van der Waals surface area contributed by atoms with E-state index in [1.807, 2.05) is 97.1 Å². The third-order valence-corrected chi connectivity index (χ3v) is 26.3. The number of aromatic hydroxyl groups is 4. The second kappa shape index (κ2) is 37.9. The van der Waals surface area contributed by atoms with Crippen molar-refractivity contribution in [3.05, 3.63) is 413 Å². The molecule has 3 aliphatic heterocycles. The maximum absolute atomic E-state index is 14.1. The van der Waals surface area contributed by atoms with E-state index in [1.54, 1.807) is 122 Å². The van der Waals surface area contributed by atoms with Gasteiger partial charge in [-0.1, -0.05) is 162 Å². The largest absolute Gasteiger partial charge is 0.507 e. The van der Waals surface area contributed by atoms with E-state index in [4.69, 9.17) is 48.2 Å². The first-order valence-electron chi connectivity index (χ1n) is 42.4. The van der Waals surface area contributed by atoms with Crippen LogP contribution in [0.25, 0.3) is 106 Å². The predicted molar refractivity (Wildman–Crippen MR) is 513 cm³/mol. The van der Waals surface area contributed by atoms with Gasteiger partial charge >= 0.3 is 28.7 Å². The van der Waals surface area contributed by atoms with Crippen LogP contribution in [0, 0.1) is 11.6 Å². The Labute approximate surface area is 791 Å². The number of methoxy groups -OCH3 is 1. The molecule has 138 heavy (non-hydrogen) atoms. The average Bonchev–Trinajstić information content (AvgIpc) is 1.20. The summed E-state index contributed by atoms with van der Waals surface area (Å²) in [5.74, 6) is -0.478. The van der Waals surface area contributed by atoms with Gasteiger partial charge in [-0.25, -0.2) is 28.0 Å². The van der Waals surface area contributed by atoms with E-state index in [1.165, 1.54) is 72.9 Å². The Morgan fingerprint density at radius 1 is 0.391 bits per heavy atom. The van der Waals surface area contributed by atoms with Gasteiger partial charge in [0.05, 0.1) is 67.7 Å². The number of hydrogen-bond acceptors (Lipinski definition) is 23. The van der Waals surface area contributed by atoms with Crippen molar-refractivity contribution >= 4 is 102 Å². The van der Waals surface area contributed by atoms with Gasteiger partial charge in [0, 0.05) is 94.8 Å². The van der Waals surface area contributed by atoms with Gasteiger partial charge in [-0.3, -0.25) is 32.9 Å². The Morgan fingerprint density at radius 3 is 1.22 bits per heavy atom. The third-order valence-electron chi connectivity index (χ3n) is 22.9. The number of aromatic nitrogens is 4. The zero-order valence-corrected chi connectivity index (χ0v) is 74.9. The lowest BCUT2D eigenvalue weighted by atomic mass is 10.00. The lowest BCUT2D eigenvalue weighted by Gasteiger charge is -2.19. The van der Waals surface area contributed by atoms with Gasteiger partial charge in [-0.05, 0) is 169 Å². The van der Waals surface area contributed by atoms with E-state index in [0.29, 0.717) is 147 Å². The summed E-state index contributed by atoms with van der Waals surface area (Å²) in [6.07, 6.45) is -3.64. The molecule has 688 valence electrons. The van der Waals surface area contributed by atoms with Gasteiger partial charge in [0.25, 0.3) is 22.2 Å². The molecule has 0 aliphatic carbocycles. The summed E-state index contributed by atoms with van der Waals surface area (Å²) in [6, 6.07) is 77.3. The monoisotopic (exact) mass is 1930 g/mol. The summed E-state index contributed by atoms with van der Waals surface area (Å²) >= 11 is 8.47. The Balaban J connectivity index is 0.000000118. The summed E-state index contributed by atoms with van der Waals surface area (Å²) in [5, 5.41) is 44.5. The van der Waals surface area contributed by atoms with Gasteiger partial charge < -0.3 is 61.6 Å². The lowest BCUT2D eigenvalue weighted by molar-refractivity contribution is -0.137. The summed E-state index contributed by atoms with van der Waals surface area (Å²) in [5.41, 5.74) is 1.81. The molecule has 0 bridgehead atoms. The average molecular weight is 1930 g/mol. The molecular weight excluding hydrogens is 1860 g/mol. The first-order valence-corrected chi connectivity index (χ1v) is 45.2. The van der Waals surface area contributed by atoms with Crippen LogP contribution in [0.1, 0.15) is 27.8 Å². The zero-order chi connectivity index (χ0) is 96.1. The fourth-order valence-corrected chi connectivity index (χ4v) is 19.6. The second-order valence-corrected chi connectivity index (χ2v) is 35.0. The molecule has 4 N–H and O–H groups in total. The molecule has 0 saturated heterocycles. The van der Waals surface area contributed by atoms with E-state index < -0.39 is 91.1 Å². The first-order chi connectivity index (χ1) is 66.8. The van der Waals surface area contributed by atoms with Gasteiger partial charge in [-0.2, -0.15) is 13.2 Å². The van der Waals surface area contributed by atoms with Gasteiger partial charge in [0.1, 0.15) is 76.6 Å². The van der Waals surface area contributed by atoms with Crippen molar-refractivity contribution in [3.63, 3.8) is 0 Å². The molecule has 19 aromatic rings. The summed E-state index contributed by atoms with van der Waals surface area (Å²) in [4.78, 5) is 106. The standard InChI is InChI=1S/C29H18F3NO5S.2C28H18FNO5S.C20H14ClNO5/c30-29(31,32)16-7-6-10-18(15-16)39-26-24(34)22-25(38-28(26)36)20-13-14-37-21-12-5-4-11-19(21)23(20)33(27(22)35)17-8-2-1-3-9-17;29-16-7-6-10-18(15-16)36-26-24(31)22-25(35-28(26)33)20-13-14-34-21-12-5-4-11-19(21)23(20)30(27(22)32)17-8-2-1-3-9-17;29-16-10-12-18(13-11-16)36-26-24(31)22-25(35-28(26)33)20-14-15-34-21-9-5-4-8-19(21)23(20)30(27(22)32)17-6-2-1-3-7-17;1-26-13-5-2-11(3-6-13)10-22-15-8-12(21)4-7-14(15)19-18(20(22)25)16(23)9-17(24)27-19/h1-12,15,34H,13-14H2;1-12,15,31H,13-14H2;1-13,31H,14-15H2;2-9,23H,10H2,1H3. The molecule has 0 saturated carbocycles. The molecule has 3 aliphatic rings. The van der Waals surface area contributed by atoms with Crippen LogP contribution < -0.4 is 63.7 Å². The fourth-order valence-electron chi connectivity index (χ4n) is 16.8. The number of para-hydroxylation sites is 6. The van der Waals surface area contributed by atoms with Crippen molar-refractivity contribution in [1.29, 1.82) is 0 Å². The SMILES string of the molecule is COc1ccc(Cn2c(=O)c3c(O)cc(=O)oc3c3ccc(Cl)cc32)cc1.O=c1oc2c3c(n(-c4ccccc4)c(=O)c2c(O)c1Sc1ccc(F)cc1)-c1ccccc1OCC3.O=c1oc2c3c(n(-c4ccccc4)c(=O)c2c(O)c1Sc1cccc(C(F)(F)F)c1)-c1ccccc1OCC3.O=c1oc2c3c(n(-c4ccccc4)c(=O)c2c(O)c1Sc1cccc(F)c1)-c1ccccc1OCC3. The lowest BCUT2D eigenvalue weighted by Crippen LogP contribution is -2.23. The fraction of sp³-hybridized carbons (Fsp3) is 0.0857. The quantitative estimate of drug-likeness (QED) is 0.0652. The Morgan fingerprint density at radius 2 is 0.797 bits per heavy atom. The smallest absolute Gasteiger partial charge is 0.416 e. The van der Waals surface area contributed by atoms with Crippen LogP contribution in [0.5, 0.6) is 46.0 Å². The number of fused-ring (bicyclic) bond motifs is 18. The van der Waals surface area contributed by atoms with E-state index in [0.717, 1.165) is 47.3 Å².